The number of allylic oxidation sites excluding steroid dienone is 8. The fourth-order valence-corrected chi connectivity index (χ4v) is 4.91. The second-order valence-corrected chi connectivity index (χ2v) is 10.6. The van der Waals surface area contributed by atoms with E-state index in [1.165, 1.54) is 5.57 Å². The fraction of sp³-hybridized carbons (Fsp3) is 0.652. The molecule has 23 heavy (non-hydrogen) atoms. The quantitative estimate of drug-likeness (QED) is 0.488. The predicted octanol–water partition coefficient (Wildman–Crippen LogP) is 7.01. The zero-order chi connectivity index (χ0) is 17.6. The first-order valence-corrected chi connectivity index (χ1v) is 9.11. The van der Waals surface area contributed by atoms with E-state index in [4.69, 9.17) is 0 Å². The molecule has 3 aliphatic rings. The van der Waals surface area contributed by atoms with Crippen LogP contribution in [0.25, 0.3) is 0 Å². The van der Waals surface area contributed by atoms with Crippen molar-refractivity contribution in [3.05, 3.63) is 45.6 Å². The number of rotatable bonds is 1. The van der Waals surface area contributed by atoms with Crippen molar-refractivity contribution in [2.75, 3.05) is 0 Å². The Morgan fingerprint density at radius 3 is 1.87 bits per heavy atom. The van der Waals surface area contributed by atoms with Gasteiger partial charge in [-0.25, -0.2) is 0 Å². The molecular formula is C23H34. The van der Waals surface area contributed by atoms with Gasteiger partial charge in [-0.3, -0.25) is 0 Å². The maximum Gasteiger partial charge on any atom is 0.0172 e. The molecule has 0 bridgehead atoms. The highest BCUT2D eigenvalue weighted by Crippen LogP contribution is 2.75. The summed E-state index contributed by atoms with van der Waals surface area (Å²) >= 11 is 0. The Hall–Kier alpha value is -1.04. The average molecular weight is 311 g/mol. The van der Waals surface area contributed by atoms with Crippen LogP contribution in [0.1, 0.15) is 75.7 Å². The molecule has 1 unspecified atom stereocenters. The van der Waals surface area contributed by atoms with E-state index in [-0.39, 0.29) is 10.8 Å². The monoisotopic (exact) mass is 310 g/mol. The maximum absolute atomic E-state index is 2.53. The van der Waals surface area contributed by atoms with Crippen LogP contribution in [0, 0.1) is 21.7 Å². The largest absolute Gasteiger partial charge is 0.0701 e. The van der Waals surface area contributed by atoms with E-state index in [2.05, 4.69) is 81.4 Å². The normalized spacial score (nSPS) is 29.8. The van der Waals surface area contributed by atoms with Gasteiger partial charge in [-0.15, -0.1) is 0 Å². The second kappa shape index (κ2) is 4.32. The smallest absolute Gasteiger partial charge is 0.0172 e. The molecule has 1 saturated carbocycles. The highest BCUT2D eigenvalue weighted by Gasteiger charge is 2.65. The first kappa shape index (κ1) is 16.8. The minimum atomic E-state index is 0.216. The van der Waals surface area contributed by atoms with Gasteiger partial charge in [0.25, 0.3) is 0 Å². The highest BCUT2D eigenvalue weighted by atomic mass is 14.7. The second-order valence-electron chi connectivity index (χ2n) is 10.6. The van der Waals surface area contributed by atoms with Crippen molar-refractivity contribution in [1.82, 2.24) is 0 Å². The minimum Gasteiger partial charge on any atom is -0.0701 e. The lowest BCUT2D eigenvalue weighted by atomic mass is 9.76. The number of hydrogen-bond acceptors (Lipinski definition) is 0. The van der Waals surface area contributed by atoms with Crippen LogP contribution in [-0.2, 0) is 0 Å². The lowest BCUT2D eigenvalue weighted by molar-refractivity contribution is 0.452. The highest BCUT2D eigenvalue weighted by molar-refractivity contribution is 5.71. The standard InChI is InChI=1S/C23H34/c1-14-13-23(10)19(22(23,8)9)18(14)15-11-16(20(2,3)4)17(12-15)21(5,6)7/h11,13H,12H2,1-10H3. The molecule has 0 aromatic rings. The van der Waals surface area contributed by atoms with Crippen LogP contribution >= 0.6 is 0 Å². The SMILES string of the molecule is CC1=CC2(C)C(=C1C1=CC(C(C)(C)C)=C(C(C)(C)C)C1)C2(C)C. The van der Waals surface area contributed by atoms with Gasteiger partial charge in [-0.2, -0.15) is 0 Å². The third kappa shape index (κ3) is 2.17. The van der Waals surface area contributed by atoms with Gasteiger partial charge in [0.2, 0.25) is 0 Å². The zero-order valence-electron chi connectivity index (χ0n) is 16.9. The molecule has 1 atom stereocenters. The van der Waals surface area contributed by atoms with E-state index < -0.39 is 0 Å². The minimum absolute atomic E-state index is 0.216. The molecular weight excluding hydrogens is 276 g/mol. The van der Waals surface area contributed by atoms with Crippen molar-refractivity contribution >= 4 is 0 Å². The van der Waals surface area contributed by atoms with Gasteiger partial charge in [-0.1, -0.05) is 80.0 Å². The van der Waals surface area contributed by atoms with Crippen molar-refractivity contribution in [1.29, 1.82) is 0 Å². The van der Waals surface area contributed by atoms with Crippen LogP contribution in [0.15, 0.2) is 45.6 Å². The lowest BCUT2D eigenvalue weighted by Crippen LogP contribution is -2.16. The average Bonchev–Trinajstić information content (AvgIpc) is 2.75. The molecule has 0 heterocycles. The molecule has 126 valence electrons. The van der Waals surface area contributed by atoms with Crippen LogP contribution in [0.3, 0.4) is 0 Å². The summed E-state index contributed by atoms with van der Waals surface area (Å²) in [6.07, 6.45) is 6.18. The summed E-state index contributed by atoms with van der Waals surface area (Å²) in [6.45, 7) is 23.7. The van der Waals surface area contributed by atoms with Crippen LogP contribution in [0.4, 0.5) is 0 Å². The van der Waals surface area contributed by atoms with Crippen molar-refractivity contribution in [2.24, 2.45) is 21.7 Å². The van der Waals surface area contributed by atoms with E-state index in [1.54, 1.807) is 27.9 Å². The predicted molar refractivity (Wildman–Crippen MR) is 101 cm³/mol. The lowest BCUT2D eigenvalue weighted by Gasteiger charge is -2.29. The van der Waals surface area contributed by atoms with Crippen molar-refractivity contribution in [3.63, 3.8) is 0 Å². The summed E-state index contributed by atoms with van der Waals surface area (Å²) in [4.78, 5) is 0. The molecule has 0 aromatic carbocycles. The van der Waals surface area contributed by atoms with Gasteiger partial charge in [0.1, 0.15) is 0 Å². The van der Waals surface area contributed by atoms with E-state index in [0.29, 0.717) is 10.8 Å². The Morgan fingerprint density at radius 1 is 0.913 bits per heavy atom. The van der Waals surface area contributed by atoms with Crippen molar-refractivity contribution in [3.8, 4) is 0 Å². The molecule has 0 N–H and O–H groups in total. The molecule has 0 aliphatic heterocycles. The van der Waals surface area contributed by atoms with Crippen molar-refractivity contribution in [2.45, 2.75) is 75.7 Å². The fourth-order valence-electron chi connectivity index (χ4n) is 4.91. The Labute approximate surface area is 143 Å². The van der Waals surface area contributed by atoms with Crippen molar-refractivity contribution < 1.29 is 0 Å². The molecule has 3 rings (SSSR count). The zero-order valence-corrected chi connectivity index (χ0v) is 16.9. The van der Waals surface area contributed by atoms with Gasteiger partial charge >= 0.3 is 0 Å². The Morgan fingerprint density at radius 2 is 1.48 bits per heavy atom. The molecule has 0 radical (unpaired) electrons. The van der Waals surface area contributed by atoms with E-state index in [0.717, 1.165) is 6.42 Å². The summed E-state index contributed by atoms with van der Waals surface area (Å²) in [7, 11) is 0. The molecule has 0 amide bonds. The maximum atomic E-state index is 2.53. The molecule has 1 fully saturated rings. The van der Waals surface area contributed by atoms with Gasteiger partial charge in [0, 0.05) is 5.41 Å². The van der Waals surface area contributed by atoms with E-state index in [1.807, 2.05) is 0 Å². The molecule has 3 aliphatic carbocycles. The first-order chi connectivity index (χ1) is 10.2. The summed E-state index contributed by atoms with van der Waals surface area (Å²) < 4.78 is 0. The van der Waals surface area contributed by atoms with Crippen LogP contribution in [0.5, 0.6) is 0 Å². The van der Waals surface area contributed by atoms with Gasteiger partial charge in [0.15, 0.2) is 0 Å². The Kier molecular flexibility index (Phi) is 3.16. The first-order valence-electron chi connectivity index (χ1n) is 9.11. The van der Waals surface area contributed by atoms with E-state index in [9.17, 15) is 0 Å². The van der Waals surface area contributed by atoms with Crippen LogP contribution in [0.2, 0.25) is 0 Å². The molecule has 0 saturated heterocycles. The molecule has 0 nitrogen and oxygen atoms in total. The van der Waals surface area contributed by atoms with Crippen LogP contribution in [-0.4, -0.2) is 0 Å². The molecule has 0 spiro atoms. The Balaban J connectivity index is 2.08. The van der Waals surface area contributed by atoms with Gasteiger partial charge in [-0.05, 0) is 57.5 Å². The molecule has 0 heteroatoms. The van der Waals surface area contributed by atoms with Crippen LogP contribution < -0.4 is 0 Å². The summed E-state index contributed by atoms with van der Waals surface area (Å²) in [5.74, 6) is 0. The topological polar surface area (TPSA) is 0 Å². The van der Waals surface area contributed by atoms with E-state index >= 15 is 0 Å². The third-order valence-electron chi connectivity index (χ3n) is 6.58. The van der Waals surface area contributed by atoms with Gasteiger partial charge < -0.3 is 0 Å². The van der Waals surface area contributed by atoms with Gasteiger partial charge in [0.05, 0.1) is 0 Å². The molecule has 0 aromatic heterocycles. The summed E-state index contributed by atoms with van der Waals surface area (Å²) in [6, 6.07) is 0. The summed E-state index contributed by atoms with van der Waals surface area (Å²) in [5, 5.41) is 0. The number of hydrogen-bond donors (Lipinski definition) is 0. The third-order valence-corrected chi connectivity index (χ3v) is 6.58. The Bertz CT molecular complexity index is 702. The summed E-state index contributed by atoms with van der Waals surface area (Å²) in [5.41, 5.74) is 10.6. The number of fused-ring (bicyclic) bond motifs is 1.